The highest BCUT2D eigenvalue weighted by Crippen LogP contribution is 2.23. The molecule has 0 bridgehead atoms. The van der Waals surface area contributed by atoms with Crippen molar-refractivity contribution in [3.8, 4) is 0 Å². The van der Waals surface area contributed by atoms with E-state index in [0.29, 0.717) is 42.4 Å². The van der Waals surface area contributed by atoms with Crippen LogP contribution in [-0.2, 0) is 21.2 Å². The third-order valence-corrected chi connectivity index (χ3v) is 7.00. The van der Waals surface area contributed by atoms with E-state index in [0.717, 1.165) is 12.0 Å². The van der Waals surface area contributed by atoms with E-state index in [4.69, 9.17) is 11.6 Å². The van der Waals surface area contributed by atoms with E-state index in [1.807, 2.05) is 24.3 Å². The summed E-state index contributed by atoms with van der Waals surface area (Å²) in [5.41, 5.74) is 1.11. The van der Waals surface area contributed by atoms with E-state index < -0.39 is 10.0 Å². The van der Waals surface area contributed by atoms with Crippen molar-refractivity contribution in [1.29, 1.82) is 0 Å². The maximum absolute atomic E-state index is 12.6. The quantitative estimate of drug-likeness (QED) is 0.801. The molecular weight excluding hydrogens is 384 g/mol. The summed E-state index contributed by atoms with van der Waals surface area (Å²) in [5.74, 6) is -0.141. The van der Waals surface area contributed by atoms with Crippen LogP contribution in [0.25, 0.3) is 0 Å². The molecule has 1 fully saturated rings. The summed E-state index contributed by atoms with van der Waals surface area (Å²) in [5, 5.41) is 3.66. The molecule has 0 unspecified atom stereocenters. The smallest absolute Gasteiger partial charge is 0.243 e. The van der Waals surface area contributed by atoms with Crippen LogP contribution in [0, 0.1) is 5.92 Å². The highest BCUT2D eigenvalue weighted by molar-refractivity contribution is 7.89. The molecule has 1 aliphatic rings. The molecule has 27 heavy (non-hydrogen) atoms. The lowest BCUT2D eigenvalue weighted by Gasteiger charge is -2.30. The highest BCUT2D eigenvalue weighted by Gasteiger charge is 2.31. The number of hydrogen-bond acceptors (Lipinski definition) is 3. The second-order valence-corrected chi connectivity index (χ2v) is 9.03. The first-order valence-electron chi connectivity index (χ1n) is 9.04. The van der Waals surface area contributed by atoms with Gasteiger partial charge in [0.1, 0.15) is 0 Å². The zero-order valence-corrected chi connectivity index (χ0v) is 16.5. The maximum Gasteiger partial charge on any atom is 0.243 e. The van der Waals surface area contributed by atoms with Crippen LogP contribution < -0.4 is 5.32 Å². The van der Waals surface area contributed by atoms with Crippen LogP contribution >= 0.6 is 11.6 Å². The molecule has 0 aromatic heterocycles. The summed E-state index contributed by atoms with van der Waals surface area (Å²) in [6, 6.07) is 16.0. The number of carbonyl (C=O) groups is 1. The van der Waals surface area contributed by atoms with Gasteiger partial charge >= 0.3 is 0 Å². The van der Waals surface area contributed by atoms with E-state index in [9.17, 15) is 13.2 Å². The lowest BCUT2D eigenvalue weighted by atomic mass is 9.97. The Hall–Kier alpha value is -1.89. The largest absolute Gasteiger partial charge is 0.356 e. The molecule has 1 amide bonds. The minimum absolute atomic E-state index is 0.000669. The van der Waals surface area contributed by atoms with E-state index in [2.05, 4.69) is 5.32 Å². The minimum Gasteiger partial charge on any atom is -0.356 e. The first kappa shape index (κ1) is 19.9. The van der Waals surface area contributed by atoms with Crippen molar-refractivity contribution in [2.75, 3.05) is 19.6 Å². The number of rotatable bonds is 6. The van der Waals surface area contributed by atoms with Crippen molar-refractivity contribution in [3.05, 3.63) is 65.2 Å². The predicted molar refractivity (Wildman–Crippen MR) is 106 cm³/mol. The molecule has 7 heteroatoms. The molecule has 144 valence electrons. The number of nitrogens with one attached hydrogen (secondary N) is 1. The van der Waals surface area contributed by atoms with E-state index in [-0.39, 0.29) is 11.8 Å². The molecule has 0 saturated carbocycles. The van der Waals surface area contributed by atoms with Gasteiger partial charge in [0.05, 0.1) is 4.90 Å². The number of benzene rings is 2. The summed E-state index contributed by atoms with van der Waals surface area (Å²) in [6.45, 7) is 1.29. The average molecular weight is 407 g/mol. The van der Waals surface area contributed by atoms with Gasteiger partial charge in [-0.15, -0.1) is 0 Å². The standard InChI is InChI=1S/C20H23ClN2O3S/c21-18-8-6-16(7-9-18)10-13-22-20(24)17-11-14-23(15-12-17)27(25,26)19-4-2-1-3-5-19/h1-9,17H,10-15H2,(H,22,24). The van der Waals surface area contributed by atoms with Crippen LogP contribution in [0.5, 0.6) is 0 Å². The SMILES string of the molecule is O=C(NCCc1ccc(Cl)cc1)C1CCN(S(=O)(=O)c2ccccc2)CC1. The van der Waals surface area contributed by atoms with Crippen LogP contribution in [0.1, 0.15) is 18.4 Å². The third kappa shape index (κ3) is 5.09. The summed E-state index contributed by atoms with van der Waals surface area (Å²) < 4.78 is 26.7. The van der Waals surface area contributed by atoms with Gasteiger partial charge in [0.25, 0.3) is 0 Å². The van der Waals surface area contributed by atoms with Crippen molar-refractivity contribution >= 4 is 27.5 Å². The van der Waals surface area contributed by atoms with Gasteiger partial charge in [-0.3, -0.25) is 4.79 Å². The van der Waals surface area contributed by atoms with Crippen molar-refractivity contribution in [3.63, 3.8) is 0 Å². The van der Waals surface area contributed by atoms with Gasteiger partial charge in [-0.1, -0.05) is 41.9 Å². The fraction of sp³-hybridized carbons (Fsp3) is 0.350. The van der Waals surface area contributed by atoms with Gasteiger partial charge in [0.15, 0.2) is 0 Å². The zero-order valence-electron chi connectivity index (χ0n) is 15.0. The van der Waals surface area contributed by atoms with Gasteiger partial charge < -0.3 is 5.32 Å². The number of piperidine rings is 1. The summed E-state index contributed by atoms with van der Waals surface area (Å²) in [7, 11) is -3.48. The Bertz CT molecular complexity index is 862. The van der Waals surface area contributed by atoms with Gasteiger partial charge in [-0.05, 0) is 49.1 Å². The first-order valence-corrected chi connectivity index (χ1v) is 10.9. The zero-order chi connectivity index (χ0) is 19.3. The molecule has 5 nitrogen and oxygen atoms in total. The maximum atomic E-state index is 12.6. The van der Waals surface area contributed by atoms with Crippen molar-refractivity contribution < 1.29 is 13.2 Å². The molecule has 1 aliphatic heterocycles. The third-order valence-electron chi connectivity index (χ3n) is 4.83. The van der Waals surface area contributed by atoms with Gasteiger partial charge in [-0.2, -0.15) is 4.31 Å². The molecule has 3 rings (SSSR count). The molecular formula is C20H23ClN2O3S. The van der Waals surface area contributed by atoms with Crippen LogP contribution in [0.2, 0.25) is 5.02 Å². The summed E-state index contributed by atoms with van der Waals surface area (Å²) in [6.07, 6.45) is 1.82. The number of nitrogens with zero attached hydrogens (tertiary/aromatic N) is 1. The first-order chi connectivity index (χ1) is 13.0. The minimum atomic E-state index is -3.48. The van der Waals surface area contributed by atoms with Crippen LogP contribution in [0.3, 0.4) is 0 Å². The fourth-order valence-corrected chi connectivity index (χ4v) is 4.84. The van der Waals surface area contributed by atoms with Crippen molar-refractivity contribution in [2.24, 2.45) is 5.92 Å². The predicted octanol–water partition coefficient (Wildman–Crippen LogP) is 3.10. The molecule has 2 aromatic rings. The Morgan fingerprint density at radius 2 is 1.67 bits per heavy atom. The average Bonchev–Trinajstić information content (AvgIpc) is 2.70. The molecule has 1 heterocycles. The summed E-state index contributed by atoms with van der Waals surface area (Å²) in [4.78, 5) is 12.7. The molecule has 1 saturated heterocycles. The van der Waals surface area contributed by atoms with Crippen molar-refractivity contribution in [1.82, 2.24) is 9.62 Å². The van der Waals surface area contributed by atoms with Gasteiger partial charge in [0, 0.05) is 30.6 Å². The Labute approximate surface area is 165 Å². The lowest BCUT2D eigenvalue weighted by molar-refractivity contribution is -0.126. The van der Waals surface area contributed by atoms with Gasteiger partial charge in [0.2, 0.25) is 15.9 Å². The number of halogens is 1. The highest BCUT2D eigenvalue weighted by atomic mass is 35.5. The number of hydrogen-bond donors (Lipinski definition) is 1. The Morgan fingerprint density at radius 1 is 1.04 bits per heavy atom. The molecule has 0 radical (unpaired) electrons. The lowest BCUT2D eigenvalue weighted by Crippen LogP contribution is -2.43. The van der Waals surface area contributed by atoms with E-state index in [1.54, 1.807) is 30.3 Å². The number of carbonyl (C=O) groups excluding carboxylic acids is 1. The molecule has 2 aromatic carbocycles. The molecule has 0 atom stereocenters. The second kappa shape index (κ2) is 8.87. The van der Waals surface area contributed by atoms with Crippen LogP contribution in [0.15, 0.2) is 59.5 Å². The number of sulfonamides is 1. The number of amides is 1. The molecule has 1 N–H and O–H groups in total. The van der Waals surface area contributed by atoms with Crippen LogP contribution in [-0.4, -0.2) is 38.3 Å². The summed E-state index contributed by atoms with van der Waals surface area (Å²) >= 11 is 5.86. The second-order valence-electron chi connectivity index (χ2n) is 6.66. The molecule has 0 aliphatic carbocycles. The van der Waals surface area contributed by atoms with Gasteiger partial charge in [-0.25, -0.2) is 8.42 Å². The topological polar surface area (TPSA) is 66.5 Å². The van der Waals surface area contributed by atoms with Crippen LogP contribution in [0.4, 0.5) is 0 Å². The van der Waals surface area contributed by atoms with E-state index in [1.165, 1.54) is 4.31 Å². The Kier molecular flexibility index (Phi) is 6.52. The fourth-order valence-electron chi connectivity index (χ4n) is 3.23. The van der Waals surface area contributed by atoms with Crippen molar-refractivity contribution in [2.45, 2.75) is 24.2 Å². The monoisotopic (exact) mass is 406 g/mol. The molecule has 0 spiro atoms. The Balaban J connectivity index is 1.47. The van der Waals surface area contributed by atoms with E-state index >= 15 is 0 Å². The normalized spacial score (nSPS) is 16.2. The Morgan fingerprint density at radius 3 is 2.30 bits per heavy atom.